The third kappa shape index (κ3) is 5.59. The standard InChI is InChI=1S/C27H35N3O4S/c1-4-34-25(32)10-9-24(31)28-14-16-29(17-15-28)27(33)20(3)30-13-11-23-22(12-18-35-23)26(30)21-8-6-5-7-19(21)2/h5-8,12,18,20,26H,4,9-11,13-17H2,1-3H3. The Labute approximate surface area is 211 Å². The molecular weight excluding hydrogens is 462 g/mol. The lowest BCUT2D eigenvalue weighted by Gasteiger charge is -2.43. The molecule has 4 rings (SSSR count). The summed E-state index contributed by atoms with van der Waals surface area (Å²) in [4.78, 5) is 45.0. The quantitative estimate of drug-likeness (QED) is 0.549. The number of hydrogen-bond donors (Lipinski definition) is 0. The molecule has 2 aliphatic heterocycles. The number of rotatable bonds is 7. The van der Waals surface area contributed by atoms with Crippen LogP contribution < -0.4 is 0 Å². The molecule has 8 heteroatoms. The average Bonchev–Trinajstić information content (AvgIpc) is 3.36. The van der Waals surface area contributed by atoms with E-state index in [-0.39, 0.29) is 42.7 Å². The van der Waals surface area contributed by atoms with Gasteiger partial charge in [0.25, 0.3) is 0 Å². The van der Waals surface area contributed by atoms with Crippen molar-refractivity contribution in [3.63, 3.8) is 0 Å². The maximum atomic E-state index is 13.6. The molecule has 0 N–H and O–H groups in total. The molecule has 1 fully saturated rings. The first kappa shape index (κ1) is 25.4. The predicted molar refractivity (Wildman–Crippen MR) is 136 cm³/mol. The number of nitrogens with zero attached hydrogens (tertiary/aromatic N) is 3. The number of amides is 2. The van der Waals surface area contributed by atoms with E-state index >= 15 is 0 Å². The van der Waals surface area contributed by atoms with Gasteiger partial charge in [0.1, 0.15) is 0 Å². The van der Waals surface area contributed by atoms with Crippen molar-refractivity contribution in [1.82, 2.24) is 14.7 Å². The van der Waals surface area contributed by atoms with Gasteiger partial charge in [-0.25, -0.2) is 0 Å². The van der Waals surface area contributed by atoms with Gasteiger partial charge in [0.05, 0.1) is 25.1 Å². The van der Waals surface area contributed by atoms with E-state index in [1.165, 1.54) is 21.6 Å². The maximum Gasteiger partial charge on any atom is 0.306 e. The first-order valence-corrected chi connectivity index (χ1v) is 13.4. The molecule has 2 unspecified atom stereocenters. The van der Waals surface area contributed by atoms with Crippen molar-refractivity contribution in [2.75, 3.05) is 39.3 Å². The summed E-state index contributed by atoms with van der Waals surface area (Å²) in [5.74, 6) is -0.290. The lowest BCUT2D eigenvalue weighted by atomic mass is 9.89. The number of carbonyl (C=O) groups is 3. The van der Waals surface area contributed by atoms with Gasteiger partial charge in [-0.05, 0) is 55.3 Å². The summed E-state index contributed by atoms with van der Waals surface area (Å²) in [5.41, 5.74) is 3.80. The number of aryl methyl sites for hydroxylation is 1. The summed E-state index contributed by atoms with van der Waals surface area (Å²) >= 11 is 1.80. The second-order valence-corrected chi connectivity index (χ2v) is 10.2. The van der Waals surface area contributed by atoms with E-state index in [1.807, 2.05) is 11.8 Å². The molecule has 0 spiro atoms. The molecule has 3 heterocycles. The van der Waals surface area contributed by atoms with Crippen LogP contribution in [0.2, 0.25) is 0 Å². The number of hydrogen-bond acceptors (Lipinski definition) is 6. The van der Waals surface area contributed by atoms with Crippen LogP contribution in [0.15, 0.2) is 35.7 Å². The summed E-state index contributed by atoms with van der Waals surface area (Å²) < 4.78 is 4.91. The van der Waals surface area contributed by atoms with Crippen molar-refractivity contribution in [2.24, 2.45) is 0 Å². The molecule has 0 bridgehead atoms. The van der Waals surface area contributed by atoms with Crippen LogP contribution >= 0.6 is 11.3 Å². The summed E-state index contributed by atoms with van der Waals surface area (Å²) in [6.45, 7) is 9.09. The van der Waals surface area contributed by atoms with Crippen LogP contribution in [-0.2, 0) is 25.5 Å². The SMILES string of the molecule is CCOC(=O)CCC(=O)N1CCN(C(=O)C(C)N2CCc3sccc3C2c2ccccc2C)CC1. The molecule has 2 amide bonds. The fourth-order valence-corrected chi connectivity index (χ4v) is 6.08. The molecule has 2 aromatic rings. The van der Waals surface area contributed by atoms with Gasteiger partial charge in [-0.15, -0.1) is 11.3 Å². The lowest BCUT2D eigenvalue weighted by molar-refractivity contribution is -0.147. The third-order valence-corrected chi connectivity index (χ3v) is 8.13. The van der Waals surface area contributed by atoms with Crippen LogP contribution in [0.4, 0.5) is 0 Å². The molecular formula is C27H35N3O4S. The number of ether oxygens (including phenoxy) is 1. The largest absolute Gasteiger partial charge is 0.466 e. The summed E-state index contributed by atoms with van der Waals surface area (Å²) in [7, 11) is 0. The Morgan fingerprint density at radius 1 is 1.00 bits per heavy atom. The second kappa shape index (κ2) is 11.4. The number of fused-ring (bicyclic) bond motifs is 1. The minimum absolute atomic E-state index is 0.0566. The van der Waals surface area contributed by atoms with Gasteiger partial charge in [0.2, 0.25) is 11.8 Å². The number of piperazine rings is 1. The molecule has 1 aromatic carbocycles. The van der Waals surface area contributed by atoms with Crippen LogP contribution in [-0.4, -0.2) is 77.9 Å². The molecule has 1 saturated heterocycles. The first-order chi connectivity index (χ1) is 16.9. The Hall–Kier alpha value is -2.71. The topological polar surface area (TPSA) is 70.2 Å². The number of esters is 1. The van der Waals surface area contributed by atoms with Crippen LogP contribution in [0.25, 0.3) is 0 Å². The third-order valence-electron chi connectivity index (χ3n) is 7.13. The van der Waals surface area contributed by atoms with E-state index in [9.17, 15) is 14.4 Å². The molecule has 188 valence electrons. The van der Waals surface area contributed by atoms with Crippen molar-refractivity contribution in [1.29, 1.82) is 0 Å². The second-order valence-electron chi connectivity index (χ2n) is 9.23. The summed E-state index contributed by atoms with van der Waals surface area (Å²) in [6, 6.07) is 10.5. The molecule has 0 saturated carbocycles. The van der Waals surface area contributed by atoms with Crippen molar-refractivity contribution in [2.45, 2.75) is 52.1 Å². The highest BCUT2D eigenvalue weighted by molar-refractivity contribution is 7.10. The van der Waals surface area contributed by atoms with E-state index in [1.54, 1.807) is 23.2 Å². The fraction of sp³-hybridized carbons (Fsp3) is 0.519. The predicted octanol–water partition coefficient (Wildman–Crippen LogP) is 3.41. The van der Waals surface area contributed by atoms with Gasteiger partial charge in [-0.1, -0.05) is 24.3 Å². The van der Waals surface area contributed by atoms with E-state index in [4.69, 9.17) is 4.74 Å². The van der Waals surface area contributed by atoms with E-state index in [0.29, 0.717) is 32.8 Å². The molecule has 7 nitrogen and oxygen atoms in total. The van der Waals surface area contributed by atoms with Crippen molar-refractivity contribution < 1.29 is 19.1 Å². The molecule has 2 atom stereocenters. The number of thiophene rings is 1. The van der Waals surface area contributed by atoms with Gasteiger partial charge in [-0.3, -0.25) is 19.3 Å². The highest BCUT2D eigenvalue weighted by Crippen LogP contribution is 2.40. The van der Waals surface area contributed by atoms with Crippen molar-refractivity contribution >= 4 is 29.1 Å². The Kier molecular flexibility index (Phi) is 8.23. The normalized spacial score (nSPS) is 19.2. The van der Waals surface area contributed by atoms with Gasteiger partial charge < -0.3 is 14.5 Å². The van der Waals surface area contributed by atoms with Gasteiger partial charge in [0.15, 0.2) is 0 Å². The minimum atomic E-state index is -0.345. The highest BCUT2D eigenvalue weighted by Gasteiger charge is 2.37. The number of benzene rings is 1. The summed E-state index contributed by atoms with van der Waals surface area (Å²) in [5, 5.41) is 2.16. The highest BCUT2D eigenvalue weighted by atomic mass is 32.1. The van der Waals surface area contributed by atoms with Gasteiger partial charge >= 0.3 is 5.97 Å². The van der Waals surface area contributed by atoms with Gasteiger partial charge in [0, 0.05) is 44.0 Å². The minimum Gasteiger partial charge on any atom is -0.466 e. The van der Waals surface area contributed by atoms with Crippen LogP contribution in [0, 0.1) is 6.92 Å². The molecule has 1 aromatic heterocycles. The zero-order chi connectivity index (χ0) is 24.9. The summed E-state index contributed by atoms with van der Waals surface area (Å²) in [6.07, 6.45) is 1.20. The molecule has 0 aliphatic carbocycles. The maximum absolute atomic E-state index is 13.6. The first-order valence-electron chi connectivity index (χ1n) is 12.5. The average molecular weight is 498 g/mol. The molecule has 35 heavy (non-hydrogen) atoms. The smallest absolute Gasteiger partial charge is 0.306 e. The monoisotopic (exact) mass is 497 g/mol. The molecule has 0 radical (unpaired) electrons. The Morgan fingerprint density at radius 2 is 1.71 bits per heavy atom. The fourth-order valence-electron chi connectivity index (χ4n) is 5.18. The van der Waals surface area contributed by atoms with Crippen LogP contribution in [0.5, 0.6) is 0 Å². The van der Waals surface area contributed by atoms with Crippen molar-refractivity contribution in [3.8, 4) is 0 Å². The molecule has 2 aliphatic rings. The van der Waals surface area contributed by atoms with E-state index < -0.39 is 0 Å². The Morgan fingerprint density at radius 3 is 2.43 bits per heavy atom. The van der Waals surface area contributed by atoms with Crippen LogP contribution in [0.3, 0.4) is 0 Å². The lowest BCUT2D eigenvalue weighted by Crippen LogP contribution is -2.56. The van der Waals surface area contributed by atoms with Gasteiger partial charge in [-0.2, -0.15) is 0 Å². The number of carbonyl (C=O) groups excluding carboxylic acids is 3. The van der Waals surface area contributed by atoms with Crippen molar-refractivity contribution in [3.05, 3.63) is 57.3 Å². The van der Waals surface area contributed by atoms with Crippen LogP contribution in [0.1, 0.15) is 54.3 Å². The van der Waals surface area contributed by atoms with E-state index in [0.717, 1.165) is 13.0 Å². The zero-order valence-electron chi connectivity index (χ0n) is 20.9. The Balaban J connectivity index is 1.41. The Bertz CT molecular complexity index is 1060. The van der Waals surface area contributed by atoms with E-state index in [2.05, 4.69) is 47.5 Å². The zero-order valence-corrected chi connectivity index (χ0v) is 21.7.